The molecule has 224 valence electrons. The van der Waals surface area contributed by atoms with E-state index in [1.165, 1.54) is 6.07 Å². The minimum absolute atomic E-state index is 0.00506. The van der Waals surface area contributed by atoms with Gasteiger partial charge in [-0.3, -0.25) is 4.90 Å². The van der Waals surface area contributed by atoms with Crippen molar-refractivity contribution < 1.29 is 23.0 Å². The summed E-state index contributed by atoms with van der Waals surface area (Å²) in [4.78, 5) is 28.2. The predicted molar refractivity (Wildman–Crippen MR) is 159 cm³/mol. The van der Waals surface area contributed by atoms with Crippen LogP contribution in [0.4, 0.5) is 19.4 Å². The molecule has 0 radical (unpaired) electrons. The number of nitrogens with zero attached hydrogens (tertiary/aromatic N) is 5. The van der Waals surface area contributed by atoms with Crippen LogP contribution in [0.25, 0.3) is 10.9 Å². The van der Waals surface area contributed by atoms with Crippen LogP contribution in [0.1, 0.15) is 53.4 Å². The second-order valence-corrected chi connectivity index (χ2v) is 13.4. The van der Waals surface area contributed by atoms with Gasteiger partial charge < -0.3 is 19.3 Å². The topological polar surface area (TPSA) is 71.0 Å². The zero-order valence-corrected chi connectivity index (χ0v) is 26.3. The lowest BCUT2D eigenvalue weighted by molar-refractivity contribution is 0.0106. The maximum Gasteiger partial charge on any atom is 0.410 e. The van der Waals surface area contributed by atoms with Crippen molar-refractivity contribution in [3.63, 3.8) is 0 Å². The van der Waals surface area contributed by atoms with Gasteiger partial charge in [0.2, 0.25) is 0 Å². The molecular formula is C29H37BrClF2N5O3. The summed E-state index contributed by atoms with van der Waals surface area (Å²) in [5, 5.41) is 0.357. The first-order valence-corrected chi connectivity index (χ1v) is 15.3. The molecule has 0 aliphatic carbocycles. The second kappa shape index (κ2) is 11.4. The molecule has 0 N–H and O–H groups in total. The lowest BCUT2D eigenvalue weighted by atomic mass is 9.95. The number of ether oxygens (including phenoxy) is 2. The first-order valence-electron chi connectivity index (χ1n) is 14.1. The first kappa shape index (κ1) is 30.2. The maximum absolute atomic E-state index is 15.5. The van der Waals surface area contributed by atoms with Gasteiger partial charge in [-0.25, -0.2) is 13.6 Å². The number of benzene rings is 1. The summed E-state index contributed by atoms with van der Waals surface area (Å²) >= 11 is 9.76. The van der Waals surface area contributed by atoms with Crippen LogP contribution in [-0.2, 0) is 4.74 Å². The van der Waals surface area contributed by atoms with Gasteiger partial charge >= 0.3 is 12.1 Å². The van der Waals surface area contributed by atoms with E-state index in [4.69, 9.17) is 26.1 Å². The fourth-order valence-electron chi connectivity index (χ4n) is 6.55. The van der Waals surface area contributed by atoms with E-state index in [-0.39, 0.29) is 35.2 Å². The quantitative estimate of drug-likeness (QED) is 0.259. The summed E-state index contributed by atoms with van der Waals surface area (Å²) < 4.78 is 42.2. The Balaban J connectivity index is 1.53. The molecule has 0 bridgehead atoms. The van der Waals surface area contributed by atoms with Crippen LogP contribution in [0, 0.1) is 5.82 Å². The minimum atomic E-state index is -0.903. The van der Waals surface area contributed by atoms with E-state index in [9.17, 15) is 9.18 Å². The molecule has 3 saturated heterocycles. The van der Waals surface area contributed by atoms with Crippen LogP contribution in [0.2, 0.25) is 5.02 Å². The molecule has 4 atom stereocenters. The molecule has 1 amide bonds. The number of hydrogen-bond acceptors (Lipinski definition) is 7. The molecule has 2 aromatic rings. The van der Waals surface area contributed by atoms with Gasteiger partial charge in [-0.15, -0.1) is 6.58 Å². The molecule has 41 heavy (non-hydrogen) atoms. The van der Waals surface area contributed by atoms with Crippen molar-refractivity contribution in [3.05, 3.63) is 34.0 Å². The van der Waals surface area contributed by atoms with E-state index >= 15 is 4.39 Å². The molecule has 5 rings (SSSR count). The zero-order valence-electron chi connectivity index (χ0n) is 23.9. The van der Waals surface area contributed by atoms with Gasteiger partial charge in [-0.05, 0) is 68.6 Å². The molecule has 0 spiro atoms. The maximum atomic E-state index is 15.5. The summed E-state index contributed by atoms with van der Waals surface area (Å²) in [6.45, 7) is 13.7. The monoisotopic (exact) mass is 655 g/mol. The smallest absolute Gasteiger partial charge is 0.410 e. The second-order valence-electron chi connectivity index (χ2n) is 12.1. The summed E-state index contributed by atoms with van der Waals surface area (Å²) in [7, 11) is 0. The van der Waals surface area contributed by atoms with Crippen LogP contribution in [0.3, 0.4) is 0 Å². The highest BCUT2D eigenvalue weighted by Gasteiger charge is 2.49. The van der Waals surface area contributed by atoms with Crippen LogP contribution >= 0.6 is 27.5 Å². The summed E-state index contributed by atoms with van der Waals surface area (Å²) in [5.74, 6) is -0.242. The Hall–Kier alpha value is -2.24. The number of halogens is 4. The van der Waals surface area contributed by atoms with E-state index < -0.39 is 29.2 Å². The minimum Gasteiger partial charge on any atom is -0.461 e. The average Bonchev–Trinajstić information content (AvgIpc) is 3.43. The normalized spacial score (nSPS) is 26.9. The number of rotatable bonds is 6. The van der Waals surface area contributed by atoms with Crippen molar-refractivity contribution in [2.75, 3.05) is 37.7 Å². The van der Waals surface area contributed by atoms with Crippen molar-refractivity contribution in [1.82, 2.24) is 19.8 Å². The van der Waals surface area contributed by atoms with Crippen molar-refractivity contribution in [3.8, 4) is 6.01 Å². The van der Waals surface area contributed by atoms with Gasteiger partial charge in [-0.2, -0.15) is 9.97 Å². The van der Waals surface area contributed by atoms with Gasteiger partial charge in [0.15, 0.2) is 5.82 Å². The molecule has 3 aliphatic heterocycles. The van der Waals surface area contributed by atoms with Gasteiger partial charge in [0.1, 0.15) is 29.7 Å². The van der Waals surface area contributed by atoms with Gasteiger partial charge in [0.05, 0.1) is 28.0 Å². The Bertz CT molecular complexity index is 1340. The Morgan fingerprint density at radius 1 is 1.32 bits per heavy atom. The molecule has 0 saturated carbocycles. The Labute approximate surface area is 253 Å². The van der Waals surface area contributed by atoms with E-state index in [0.29, 0.717) is 48.2 Å². The van der Waals surface area contributed by atoms with Gasteiger partial charge in [0.25, 0.3) is 0 Å². The number of piperazine rings is 1. The standard InChI is InChI=1S/C29H37BrClF2N5O3/c1-6-20-21(7-2)38(27(39)41-28(3,4)5)12-11-37(20)25-22-18(30)13-19(31)23(33)24(22)34-26(35-25)40-16-29-9-8-10-36(29)15-17(32)14-29/h6,13,17,20-21H,1,7-12,14-16H2,2-5H3/t17-,20-,21+,29+/m1/s1. The Kier molecular flexibility index (Phi) is 8.44. The van der Waals surface area contributed by atoms with Crippen molar-refractivity contribution in [2.24, 2.45) is 0 Å². The first-order chi connectivity index (χ1) is 19.4. The molecule has 8 nitrogen and oxygen atoms in total. The lowest BCUT2D eigenvalue weighted by Gasteiger charge is -2.47. The molecule has 3 fully saturated rings. The highest BCUT2D eigenvalue weighted by molar-refractivity contribution is 9.10. The number of aromatic nitrogens is 2. The van der Waals surface area contributed by atoms with Gasteiger partial charge in [0, 0.05) is 30.5 Å². The number of amides is 1. The highest BCUT2D eigenvalue weighted by atomic mass is 79.9. The Morgan fingerprint density at radius 3 is 2.76 bits per heavy atom. The van der Waals surface area contributed by atoms with Crippen LogP contribution in [-0.4, -0.2) is 88.0 Å². The SMILES string of the molecule is C=C[C@@H]1[C@H](CC)N(C(=O)OC(C)(C)C)CCN1c1nc(OC[C@@]23CCCN2C[C@H](F)C3)nc2c(F)c(Cl)cc(Br)c12. The summed E-state index contributed by atoms with van der Waals surface area (Å²) in [6.07, 6.45) is 3.29. The van der Waals surface area contributed by atoms with E-state index in [2.05, 4.69) is 32.4 Å². The van der Waals surface area contributed by atoms with Crippen molar-refractivity contribution in [2.45, 2.75) is 82.8 Å². The van der Waals surface area contributed by atoms with Crippen molar-refractivity contribution >= 4 is 50.3 Å². The van der Waals surface area contributed by atoms with Crippen LogP contribution in [0.15, 0.2) is 23.2 Å². The summed E-state index contributed by atoms with van der Waals surface area (Å²) in [5.41, 5.74) is -1.03. The van der Waals surface area contributed by atoms with Crippen molar-refractivity contribution in [1.29, 1.82) is 0 Å². The number of hydrogen-bond donors (Lipinski definition) is 0. The number of alkyl halides is 1. The van der Waals surface area contributed by atoms with Gasteiger partial charge in [-0.1, -0.05) is 24.6 Å². The van der Waals surface area contributed by atoms with E-state index in [1.807, 2.05) is 32.6 Å². The molecule has 1 aromatic carbocycles. The fourth-order valence-corrected chi connectivity index (χ4v) is 7.47. The molecule has 4 heterocycles. The third kappa shape index (κ3) is 5.73. The number of carbonyl (C=O) groups is 1. The van der Waals surface area contributed by atoms with Crippen LogP contribution in [0.5, 0.6) is 6.01 Å². The third-order valence-corrected chi connectivity index (χ3v) is 9.21. The molecule has 3 aliphatic rings. The molecule has 0 unspecified atom stereocenters. The largest absolute Gasteiger partial charge is 0.461 e. The molecule has 12 heteroatoms. The molecular weight excluding hydrogens is 620 g/mol. The Morgan fingerprint density at radius 2 is 2.07 bits per heavy atom. The number of carbonyl (C=O) groups excluding carboxylic acids is 1. The predicted octanol–water partition coefficient (Wildman–Crippen LogP) is 6.53. The summed E-state index contributed by atoms with van der Waals surface area (Å²) in [6, 6.07) is 0.852. The lowest BCUT2D eigenvalue weighted by Crippen LogP contribution is -2.61. The zero-order chi connectivity index (χ0) is 29.7. The van der Waals surface area contributed by atoms with E-state index in [0.717, 1.165) is 19.4 Å². The van der Waals surface area contributed by atoms with Crippen LogP contribution < -0.4 is 9.64 Å². The fraction of sp³-hybridized carbons (Fsp3) is 0.621. The molecule has 1 aromatic heterocycles. The highest BCUT2D eigenvalue weighted by Crippen LogP contribution is 2.42. The third-order valence-electron chi connectivity index (χ3n) is 8.31. The van der Waals surface area contributed by atoms with E-state index in [1.54, 1.807) is 11.0 Å². The number of fused-ring (bicyclic) bond motifs is 2. The number of anilines is 1. The average molecular weight is 657 g/mol.